The van der Waals surface area contributed by atoms with Crippen molar-refractivity contribution >= 4 is 50.2 Å². The second-order valence-electron chi connectivity index (χ2n) is 18.8. The first-order valence-corrected chi connectivity index (χ1v) is 23.5. The van der Waals surface area contributed by atoms with Crippen LogP contribution >= 0.6 is 11.3 Å². The molecule has 7 aliphatic rings. The highest BCUT2D eigenvalue weighted by Crippen LogP contribution is 2.70. The zero-order valence-corrected chi connectivity index (χ0v) is 35.8. The summed E-state index contributed by atoms with van der Waals surface area (Å²) in [6.07, 6.45) is 30.9. The summed E-state index contributed by atoms with van der Waals surface area (Å²) < 4.78 is 1.40. The van der Waals surface area contributed by atoms with Crippen molar-refractivity contribution in [2.75, 3.05) is 9.80 Å². The van der Waals surface area contributed by atoms with Crippen LogP contribution in [-0.2, 0) is 17.3 Å². The third-order valence-corrected chi connectivity index (χ3v) is 16.8. The van der Waals surface area contributed by atoms with E-state index in [1.807, 2.05) is 11.3 Å². The molecule has 0 radical (unpaired) electrons. The first-order valence-electron chi connectivity index (χ1n) is 22.7. The molecular formula is C58H50N2S. The lowest BCUT2D eigenvalue weighted by Gasteiger charge is -2.46. The monoisotopic (exact) mass is 806 g/mol. The molecule has 3 heteroatoms. The average molecular weight is 807 g/mol. The molecule has 0 bridgehead atoms. The third kappa shape index (κ3) is 4.90. The molecule has 0 saturated carbocycles. The molecule has 1 spiro atoms. The van der Waals surface area contributed by atoms with Crippen LogP contribution in [-0.4, -0.2) is 6.04 Å². The van der Waals surface area contributed by atoms with Crippen molar-refractivity contribution < 1.29 is 0 Å². The summed E-state index contributed by atoms with van der Waals surface area (Å²) in [6, 6.07) is 43.1. The van der Waals surface area contributed by atoms with Gasteiger partial charge in [-0.2, -0.15) is 0 Å². The molecule has 6 aliphatic carbocycles. The van der Waals surface area contributed by atoms with Gasteiger partial charge in [-0.3, -0.25) is 0 Å². The molecular weight excluding hydrogens is 757 g/mol. The molecule has 0 saturated heterocycles. The lowest BCUT2D eigenvalue weighted by atomic mass is 9.63. The summed E-state index contributed by atoms with van der Waals surface area (Å²) in [4.78, 5) is 6.73. The zero-order valence-electron chi connectivity index (χ0n) is 35.0. The van der Waals surface area contributed by atoms with Crippen LogP contribution in [0.15, 0.2) is 175 Å². The molecule has 6 aromatic rings. The van der Waals surface area contributed by atoms with E-state index in [9.17, 15) is 0 Å². The van der Waals surface area contributed by atoms with Crippen LogP contribution in [0.25, 0.3) is 16.2 Å². The summed E-state index contributed by atoms with van der Waals surface area (Å²) in [5.41, 5.74) is 18.2. The topological polar surface area (TPSA) is 6.48 Å². The Hall–Kier alpha value is -5.90. The molecule has 5 aromatic carbocycles. The van der Waals surface area contributed by atoms with E-state index in [-0.39, 0.29) is 28.7 Å². The van der Waals surface area contributed by atoms with Gasteiger partial charge in [-0.25, -0.2) is 0 Å². The number of hydrogen-bond acceptors (Lipinski definition) is 3. The minimum Gasteiger partial charge on any atom is -0.334 e. The van der Waals surface area contributed by atoms with Gasteiger partial charge in [0.15, 0.2) is 0 Å². The molecule has 5 atom stereocenters. The van der Waals surface area contributed by atoms with E-state index in [2.05, 4.69) is 194 Å². The van der Waals surface area contributed by atoms with E-state index in [0.29, 0.717) is 5.92 Å². The number of para-hydroxylation sites is 2. The second-order valence-corrected chi connectivity index (χ2v) is 19.9. The van der Waals surface area contributed by atoms with Crippen LogP contribution in [0.3, 0.4) is 0 Å². The fourth-order valence-electron chi connectivity index (χ4n) is 13.1. The van der Waals surface area contributed by atoms with Gasteiger partial charge in [0.1, 0.15) is 0 Å². The van der Waals surface area contributed by atoms with Crippen LogP contribution in [0.5, 0.6) is 0 Å². The molecule has 0 fully saturated rings. The van der Waals surface area contributed by atoms with E-state index in [4.69, 9.17) is 0 Å². The summed E-state index contributed by atoms with van der Waals surface area (Å²) in [5, 5.41) is 1.43. The maximum Gasteiger partial charge on any atom is 0.0559 e. The van der Waals surface area contributed by atoms with E-state index in [1.54, 1.807) is 5.57 Å². The summed E-state index contributed by atoms with van der Waals surface area (Å²) in [6.45, 7) is 4.79. The smallest absolute Gasteiger partial charge is 0.0559 e. The summed E-state index contributed by atoms with van der Waals surface area (Å²) in [5.74, 6) is 0.846. The standard InChI is InChI=1S/C58H50N2S/c1-57(2)47-24-11-13-27-51(47)60(52-28-14-12-25-48(52)57)53-29-16-26-49-56(53)44-21-7-10-23-46(44)58(49)45-22-9-6-19-40(45)41-33-31-38(35-50(41)58)59(37-17-4-3-5-18-37)39-32-34-43-42-20-8-15-30-54(42)61-55(43)36-39/h3-5,7,10-17,21-37,40,49,56H,6,8-9,18-20H2,1-2H3. The molecule has 2 nitrogen and oxygen atoms in total. The van der Waals surface area contributed by atoms with Crippen LogP contribution in [0.4, 0.5) is 22.7 Å². The van der Waals surface area contributed by atoms with Gasteiger partial charge in [-0.15, -0.1) is 11.3 Å². The van der Waals surface area contributed by atoms with Gasteiger partial charge in [0, 0.05) is 66.6 Å². The van der Waals surface area contributed by atoms with Crippen molar-refractivity contribution in [3.8, 4) is 0 Å². The van der Waals surface area contributed by atoms with E-state index in [1.165, 1.54) is 95.2 Å². The van der Waals surface area contributed by atoms with Gasteiger partial charge >= 0.3 is 0 Å². The van der Waals surface area contributed by atoms with Gasteiger partial charge in [0.25, 0.3) is 0 Å². The van der Waals surface area contributed by atoms with E-state index in [0.717, 1.165) is 25.7 Å². The lowest BCUT2D eigenvalue weighted by Crippen LogP contribution is -2.38. The van der Waals surface area contributed by atoms with E-state index < -0.39 is 0 Å². The zero-order chi connectivity index (χ0) is 40.5. The lowest BCUT2D eigenvalue weighted by molar-refractivity contribution is 0.426. The van der Waals surface area contributed by atoms with E-state index >= 15 is 0 Å². The Kier molecular flexibility index (Phi) is 7.81. The predicted octanol–water partition coefficient (Wildman–Crippen LogP) is 15.0. The van der Waals surface area contributed by atoms with Crippen molar-refractivity contribution in [3.05, 3.63) is 219 Å². The Morgan fingerprint density at radius 3 is 2.30 bits per heavy atom. The number of aryl methyl sites for hydroxylation is 1. The number of fused-ring (bicyclic) bond motifs is 15. The quantitative estimate of drug-likeness (QED) is 0.164. The highest BCUT2D eigenvalue weighted by Gasteiger charge is 2.61. The molecule has 2 heterocycles. The van der Waals surface area contributed by atoms with Gasteiger partial charge in [0.05, 0.1) is 6.04 Å². The predicted molar refractivity (Wildman–Crippen MR) is 257 cm³/mol. The van der Waals surface area contributed by atoms with Crippen LogP contribution in [0.2, 0.25) is 0 Å². The second kappa shape index (κ2) is 13.3. The maximum atomic E-state index is 2.68. The number of rotatable bonds is 4. The third-order valence-electron chi connectivity index (χ3n) is 15.6. The number of anilines is 4. The molecule has 0 amide bonds. The summed E-state index contributed by atoms with van der Waals surface area (Å²) >= 11 is 1.96. The fraction of sp³-hybridized carbons (Fsp3) is 0.241. The van der Waals surface area contributed by atoms with Crippen molar-refractivity contribution in [3.63, 3.8) is 0 Å². The number of nitrogens with zero attached hydrogens (tertiary/aromatic N) is 2. The van der Waals surface area contributed by atoms with Crippen LogP contribution in [0, 0.1) is 5.92 Å². The van der Waals surface area contributed by atoms with Crippen molar-refractivity contribution in [1.29, 1.82) is 0 Å². The Morgan fingerprint density at radius 2 is 1.48 bits per heavy atom. The molecule has 1 aliphatic heterocycles. The Balaban J connectivity index is 1.01. The molecule has 61 heavy (non-hydrogen) atoms. The fourth-order valence-corrected chi connectivity index (χ4v) is 14.3. The Bertz CT molecular complexity index is 2970. The van der Waals surface area contributed by atoms with Crippen LogP contribution in [0.1, 0.15) is 102 Å². The first kappa shape index (κ1) is 35.8. The van der Waals surface area contributed by atoms with Crippen molar-refractivity contribution in [2.45, 2.75) is 81.1 Å². The van der Waals surface area contributed by atoms with Gasteiger partial charge in [-0.1, -0.05) is 141 Å². The number of thiophene rings is 1. The van der Waals surface area contributed by atoms with Crippen LogP contribution < -0.4 is 9.80 Å². The number of hydrogen-bond donors (Lipinski definition) is 0. The minimum absolute atomic E-state index is 0.108. The molecule has 1 aromatic heterocycles. The SMILES string of the molecule is CC1(C)c2ccccc2N(C2=CC=CC3C2c2ccccc2C32C3=CCCCC3c3ccc(N(c4ccc5c6c(sc5c4)C=CCC6)C4C=CC=CC4)cc32)c2ccccc21. The minimum atomic E-state index is -0.265. The summed E-state index contributed by atoms with van der Waals surface area (Å²) in [7, 11) is 0. The highest BCUT2D eigenvalue weighted by atomic mass is 32.1. The van der Waals surface area contributed by atoms with Gasteiger partial charge in [-0.05, 0) is 131 Å². The Labute approximate surface area is 364 Å². The number of benzene rings is 5. The average Bonchev–Trinajstić information content (AvgIpc) is 3.94. The van der Waals surface area contributed by atoms with Crippen molar-refractivity contribution in [1.82, 2.24) is 0 Å². The molecule has 0 N–H and O–H groups in total. The van der Waals surface area contributed by atoms with Gasteiger partial charge < -0.3 is 9.80 Å². The normalized spacial score (nSPS) is 25.6. The Morgan fingerprint density at radius 1 is 0.705 bits per heavy atom. The maximum absolute atomic E-state index is 2.68. The van der Waals surface area contributed by atoms with Gasteiger partial charge in [0.2, 0.25) is 0 Å². The molecule has 13 rings (SSSR count). The number of allylic oxidation sites excluding steroid dienone is 9. The largest absolute Gasteiger partial charge is 0.334 e. The first-order chi connectivity index (χ1) is 30.0. The molecule has 298 valence electrons. The highest BCUT2D eigenvalue weighted by molar-refractivity contribution is 7.20. The molecule has 5 unspecified atom stereocenters. The van der Waals surface area contributed by atoms with Crippen molar-refractivity contribution in [2.24, 2.45) is 5.92 Å².